The smallest absolute Gasteiger partial charge is 0.138 e. The van der Waals surface area contributed by atoms with E-state index in [0.717, 1.165) is 57.8 Å². The third-order valence-electron chi connectivity index (χ3n) is 7.11. The zero-order chi connectivity index (χ0) is 29.9. The van der Waals surface area contributed by atoms with Gasteiger partial charge in [-0.15, -0.1) is 0 Å². The molecule has 0 atom stereocenters. The monoisotopic (exact) mass is 579 g/mol. The third-order valence-corrected chi connectivity index (χ3v) is 7.11. The topological polar surface area (TPSA) is 111 Å². The van der Waals surface area contributed by atoms with Crippen molar-refractivity contribution in [3.8, 4) is 39.5 Å². The highest BCUT2D eigenvalue weighted by molar-refractivity contribution is 5.99. The van der Waals surface area contributed by atoms with Crippen LogP contribution in [0.1, 0.15) is 0 Å². The molecule has 0 radical (unpaired) electrons. The van der Waals surface area contributed by atoms with Crippen molar-refractivity contribution in [3.05, 3.63) is 72.9 Å². The molecule has 0 spiro atoms. The lowest BCUT2D eigenvalue weighted by Gasteiger charge is -2.13. The molecular weight excluding hydrogens is 545 g/mol. The molecule has 0 fully saturated rings. The van der Waals surface area contributed by atoms with E-state index < -0.39 is 0 Å². The fourth-order valence-electron chi connectivity index (χ4n) is 4.91. The summed E-state index contributed by atoms with van der Waals surface area (Å²) < 4.78 is 20.6. The molecule has 0 unspecified atom stereocenters. The summed E-state index contributed by atoms with van der Waals surface area (Å²) in [4.78, 5) is 21.4. The summed E-state index contributed by atoms with van der Waals surface area (Å²) in [6.07, 6.45) is 5.20. The van der Waals surface area contributed by atoms with Gasteiger partial charge in [0.2, 0.25) is 0 Å². The normalized spacial score (nSPS) is 11.7. The number of H-pyrrole nitrogens is 2. The van der Waals surface area contributed by atoms with Crippen molar-refractivity contribution in [2.24, 2.45) is 0 Å². The van der Waals surface area contributed by atoms with Crippen LogP contribution in [0.5, 0.6) is 5.75 Å². The summed E-state index contributed by atoms with van der Waals surface area (Å²) in [7, 11) is 8.03. The maximum Gasteiger partial charge on any atom is 0.138 e. The second kappa shape index (κ2) is 12.2. The van der Waals surface area contributed by atoms with Crippen molar-refractivity contribution in [3.63, 3.8) is 0 Å². The van der Waals surface area contributed by atoms with E-state index in [1.165, 1.54) is 6.07 Å². The van der Waals surface area contributed by atoms with E-state index in [0.29, 0.717) is 35.8 Å². The largest absolute Gasteiger partial charge is 0.491 e. The van der Waals surface area contributed by atoms with Crippen LogP contribution in [0.25, 0.3) is 55.8 Å². The number of anilines is 1. The van der Waals surface area contributed by atoms with Crippen LogP contribution in [0.2, 0.25) is 0 Å². The highest BCUT2D eigenvalue weighted by Gasteiger charge is 2.17. The minimum absolute atomic E-state index is 0.303. The maximum atomic E-state index is 14.7. The minimum atomic E-state index is -0.303. The van der Waals surface area contributed by atoms with Gasteiger partial charge in [0.15, 0.2) is 0 Å². The average molecular weight is 580 g/mol. The number of halogens is 1. The third kappa shape index (κ3) is 6.32. The number of pyridine rings is 3. The summed E-state index contributed by atoms with van der Waals surface area (Å²) in [5.74, 6) is 0.388. The first-order valence-corrected chi connectivity index (χ1v) is 14.1. The lowest BCUT2D eigenvalue weighted by atomic mass is 10.0. The Morgan fingerprint density at radius 2 is 1.79 bits per heavy atom. The van der Waals surface area contributed by atoms with Gasteiger partial charge in [-0.25, -0.2) is 14.4 Å². The SMILES string of the molecule is CN(C)CCNc1cc(F)cc(-c2ccnc3[nH]c(-c4n[nH]c5ccc(-c6cncc(OCCN(C)C)c6)nc45)cc23)c1. The second-order valence-corrected chi connectivity index (χ2v) is 11.0. The molecule has 0 bridgehead atoms. The van der Waals surface area contributed by atoms with E-state index >= 15 is 0 Å². The number of ether oxygens (including phenoxy) is 1. The molecule has 0 aliphatic rings. The number of benzene rings is 1. The molecule has 0 saturated heterocycles. The van der Waals surface area contributed by atoms with Crippen LogP contribution in [0.15, 0.2) is 67.1 Å². The van der Waals surface area contributed by atoms with Crippen LogP contribution in [0, 0.1) is 5.82 Å². The molecule has 10 nitrogen and oxygen atoms in total. The molecule has 0 aliphatic carbocycles. The van der Waals surface area contributed by atoms with Gasteiger partial charge in [0.05, 0.1) is 23.1 Å². The fourth-order valence-corrected chi connectivity index (χ4v) is 4.91. The minimum Gasteiger partial charge on any atom is -0.491 e. The van der Waals surface area contributed by atoms with E-state index in [4.69, 9.17) is 9.72 Å². The molecule has 5 aromatic heterocycles. The molecule has 0 aliphatic heterocycles. The first kappa shape index (κ1) is 28.3. The Balaban J connectivity index is 1.33. The highest BCUT2D eigenvalue weighted by Crippen LogP contribution is 2.34. The average Bonchev–Trinajstić information content (AvgIpc) is 3.60. The predicted molar refractivity (Wildman–Crippen MR) is 169 cm³/mol. The van der Waals surface area contributed by atoms with Crippen molar-refractivity contribution < 1.29 is 9.13 Å². The molecule has 43 heavy (non-hydrogen) atoms. The second-order valence-electron chi connectivity index (χ2n) is 11.0. The summed E-state index contributed by atoms with van der Waals surface area (Å²) in [5, 5.41) is 11.9. The first-order chi connectivity index (χ1) is 20.8. The number of aromatic nitrogens is 6. The van der Waals surface area contributed by atoms with Crippen LogP contribution < -0.4 is 10.1 Å². The number of nitrogens with one attached hydrogen (secondary N) is 3. The van der Waals surface area contributed by atoms with E-state index in [9.17, 15) is 4.39 Å². The maximum absolute atomic E-state index is 14.7. The van der Waals surface area contributed by atoms with Gasteiger partial charge in [0.1, 0.15) is 35.0 Å². The lowest BCUT2D eigenvalue weighted by Crippen LogP contribution is -2.20. The Labute approximate surface area is 248 Å². The summed E-state index contributed by atoms with van der Waals surface area (Å²) >= 11 is 0. The quantitative estimate of drug-likeness (QED) is 0.190. The Kier molecular flexibility index (Phi) is 7.99. The van der Waals surface area contributed by atoms with Crippen molar-refractivity contribution in [2.45, 2.75) is 0 Å². The van der Waals surface area contributed by atoms with E-state index in [1.54, 1.807) is 24.7 Å². The molecular formula is C32H34FN9O. The zero-order valence-corrected chi connectivity index (χ0v) is 24.6. The molecule has 0 saturated carbocycles. The Hall–Kier alpha value is -4.87. The number of hydrogen-bond acceptors (Lipinski definition) is 8. The highest BCUT2D eigenvalue weighted by atomic mass is 19.1. The van der Waals surface area contributed by atoms with Gasteiger partial charge in [-0.05, 0) is 87.8 Å². The van der Waals surface area contributed by atoms with Crippen LogP contribution in [-0.4, -0.2) is 94.4 Å². The van der Waals surface area contributed by atoms with Gasteiger partial charge in [0.25, 0.3) is 0 Å². The lowest BCUT2D eigenvalue weighted by molar-refractivity contribution is 0.261. The van der Waals surface area contributed by atoms with Gasteiger partial charge in [-0.3, -0.25) is 10.1 Å². The molecule has 0 amide bonds. The van der Waals surface area contributed by atoms with Crippen LogP contribution in [-0.2, 0) is 0 Å². The van der Waals surface area contributed by atoms with E-state index in [2.05, 4.69) is 40.3 Å². The van der Waals surface area contributed by atoms with Crippen LogP contribution in [0.3, 0.4) is 0 Å². The molecule has 6 rings (SSSR count). The van der Waals surface area contributed by atoms with Crippen molar-refractivity contribution >= 4 is 27.8 Å². The van der Waals surface area contributed by atoms with Crippen LogP contribution in [0.4, 0.5) is 10.1 Å². The number of fused-ring (bicyclic) bond motifs is 2. The molecule has 1 aromatic carbocycles. The first-order valence-electron chi connectivity index (χ1n) is 14.1. The standard InChI is InChI=1S/C32H34FN9O/c1-41(2)10-9-35-23-14-20(13-22(33)16-23)25-7-8-36-32-26(25)17-29(38-32)31-30-28(39-40-31)6-5-27(37-30)21-15-24(19-34-18-21)43-12-11-42(3)4/h5-8,13-19,35H,9-12H2,1-4H3,(H,36,38)(H,39,40). The van der Waals surface area contributed by atoms with E-state index in [-0.39, 0.29) is 5.82 Å². The molecule has 11 heteroatoms. The van der Waals surface area contributed by atoms with Gasteiger partial charge >= 0.3 is 0 Å². The fraction of sp³-hybridized carbons (Fsp3) is 0.250. The van der Waals surface area contributed by atoms with Gasteiger partial charge in [0, 0.05) is 48.7 Å². The molecule has 220 valence electrons. The summed E-state index contributed by atoms with van der Waals surface area (Å²) in [6.45, 7) is 2.92. The van der Waals surface area contributed by atoms with Crippen molar-refractivity contribution in [2.75, 3.05) is 59.7 Å². The Morgan fingerprint density at radius 1 is 0.930 bits per heavy atom. The number of aromatic amines is 2. The summed E-state index contributed by atoms with van der Waals surface area (Å²) in [5.41, 5.74) is 7.57. The predicted octanol–water partition coefficient (Wildman–Crippen LogP) is 5.28. The number of nitrogens with zero attached hydrogens (tertiary/aromatic N) is 6. The zero-order valence-electron chi connectivity index (χ0n) is 24.6. The molecule has 5 heterocycles. The number of hydrogen-bond donors (Lipinski definition) is 3. The van der Waals surface area contributed by atoms with Crippen LogP contribution >= 0.6 is 0 Å². The number of likely N-dealkylation sites (N-methyl/N-ethyl adjacent to an activating group) is 2. The molecule has 6 aromatic rings. The van der Waals surface area contributed by atoms with Gasteiger partial charge < -0.3 is 24.8 Å². The Morgan fingerprint density at radius 3 is 2.63 bits per heavy atom. The summed E-state index contributed by atoms with van der Waals surface area (Å²) in [6, 6.07) is 14.7. The van der Waals surface area contributed by atoms with Crippen molar-refractivity contribution in [1.82, 2.24) is 39.9 Å². The number of rotatable bonds is 11. The molecule has 3 N–H and O–H groups in total. The van der Waals surface area contributed by atoms with E-state index in [1.807, 2.05) is 64.6 Å². The van der Waals surface area contributed by atoms with Crippen molar-refractivity contribution in [1.29, 1.82) is 0 Å². The Bertz CT molecular complexity index is 1880. The van der Waals surface area contributed by atoms with Gasteiger partial charge in [-0.2, -0.15) is 5.10 Å². The van der Waals surface area contributed by atoms with Gasteiger partial charge in [-0.1, -0.05) is 0 Å².